The molecule has 0 aliphatic carbocycles. The van der Waals surface area contributed by atoms with Gasteiger partial charge in [0.05, 0.1) is 0 Å². The predicted molar refractivity (Wildman–Crippen MR) is 76.4 cm³/mol. The molecule has 5 nitrogen and oxygen atoms in total. The first-order chi connectivity index (χ1) is 9.83. The number of aryl methyl sites for hydroxylation is 1. The van der Waals surface area contributed by atoms with Crippen LogP contribution in [0.1, 0.15) is 31.6 Å². The molecule has 2 aromatic rings. The smallest absolute Gasteiger partial charge is 0.248 e. The van der Waals surface area contributed by atoms with Gasteiger partial charge in [-0.25, -0.2) is 0 Å². The Hall–Kier alpha value is -1.69. The van der Waals surface area contributed by atoms with Crippen LogP contribution < -0.4 is 0 Å². The molecule has 0 aromatic carbocycles. The molecule has 0 bridgehead atoms. The molecule has 0 unspecified atom stereocenters. The first-order valence-corrected chi connectivity index (χ1v) is 7.90. The number of aromatic nitrogens is 2. The van der Waals surface area contributed by atoms with Gasteiger partial charge in [0, 0.05) is 36.9 Å². The van der Waals surface area contributed by atoms with Crippen LogP contribution in [0.15, 0.2) is 21.2 Å². The van der Waals surface area contributed by atoms with Gasteiger partial charge in [0.2, 0.25) is 17.7 Å². The summed E-state index contributed by atoms with van der Waals surface area (Å²) in [6, 6.07) is 1.95. The van der Waals surface area contributed by atoms with Gasteiger partial charge in [0.25, 0.3) is 0 Å². The fourth-order valence-electron chi connectivity index (χ4n) is 2.37. The van der Waals surface area contributed by atoms with E-state index < -0.39 is 0 Å². The quantitative estimate of drug-likeness (QED) is 0.869. The van der Waals surface area contributed by atoms with Crippen molar-refractivity contribution in [1.29, 1.82) is 0 Å². The lowest BCUT2D eigenvalue weighted by Crippen LogP contribution is -2.35. The van der Waals surface area contributed by atoms with Crippen molar-refractivity contribution in [2.24, 2.45) is 0 Å². The molecular formula is C14H17N3O2S. The van der Waals surface area contributed by atoms with Crippen molar-refractivity contribution in [2.75, 3.05) is 13.1 Å². The molecule has 0 saturated carbocycles. The number of likely N-dealkylation sites (tertiary alicyclic amines) is 1. The molecule has 1 aliphatic rings. The first kappa shape index (κ1) is 13.3. The monoisotopic (exact) mass is 291 g/mol. The molecule has 1 amide bonds. The Morgan fingerprint density at radius 3 is 2.90 bits per heavy atom. The van der Waals surface area contributed by atoms with Crippen molar-refractivity contribution < 1.29 is 9.21 Å². The maximum absolute atomic E-state index is 12.0. The molecule has 1 saturated heterocycles. The summed E-state index contributed by atoms with van der Waals surface area (Å²) in [6.07, 6.45) is 4.44. The van der Waals surface area contributed by atoms with Crippen molar-refractivity contribution in [3.63, 3.8) is 0 Å². The average Bonchev–Trinajstić information content (AvgIpc) is 3.16. The molecule has 3 rings (SSSR count). The van der Waals surface area contributed by atoms with Gasteiger partial charge in [0.15, 0.2) is 0 Å². The highest BCUT2D eigenvalue weighted by molar-refractivity contribution is 7.08. The Morgan fingerprint density at radius 1 is 1.30 bits per heavy atom. The molecule has 0 radical (unpaired) electrons. The molecule has 106 valence electrons. The fraction of sp³-hybridized carbons (Fsp3) is 0.500. The Kier molecular flexibility index (Phi) is 4.11. The highest BCUT2D eigenvalue weighted by atomic mass is 32.1. The number of thiophene rings is 1. The maximum Gasteiger partial charge on any atom is 0.248 e. The van der Waals surface area contributed by atoms with Gasteiger partial charge in [-0.3, -0.25) is 4.79 Å². The topological polar surface area (TPSA) is 59.2 Å². The third-order valence-corrected chi connectivity index (χ3v) is 4.18. The second-order valence-electron chi connectivity index (χ2n) is 4.95. The number of carbonyl (C=O) groups is 1. The van der Waals surface area contributed by atoms with E-state index in [9.17, 15) is 4.79 Å². The SMILES string of the molecule is O=C(CCc1nnc(-c2ccsc2)o1)N1CCCCC1. The van der Waals surface area contributed by atoms with Crippen LogP contribution in [-0.4, -0.2) is 34.1 Å². The molecule has 1 fully saturated rings. The first-order valence-electron chi connectivity index (χ1n) is 6.95. The number of rotatable bonds is 4. The summed E-state index contributed by atoms with van der Waals surface area (Å²) in [6.45, 7) is 1.78. The van der Waals surface area contributed by atoms with Crippen molar-refractivity contribution in [2.45, 2.75) is 32.1 Å². The fourth-order valence-corrected chi connectivity index (χ4v) is 3.00. The normalized spacial score (nSPS) is 15.5. The third kappa shape index (κ3) is 3.07. The van der Waals surface area contributed by atoms with Gasteiger partial charge in [-0.15, -0.1) is 10.2 Å². The van der Waals surface area contributed by atoms with Gasteiger partial charge in [-0.05, 0) is 30.7 Å². The van der Waals surface area contributed by atoms with Crippen LogP contribution >= 0.6 is 11.3 Å². The molecule has 0 spiro atoms. The second-order valence-corrected chi connectivity index (χ2v) is 5.73. The lowest BCUT2D eigenvalue weighted by atomic mass is 10.1. The summed E-state index contributed by atoms with van der Waals surface area (Å²) >= 11 is 1.59. The van der Waals surface area contributed by atoms with Crippen molar-refractivity contribution in [1.82, 2.24) is 15.1 Å². The van der Waals surface area contributed by atoms with Crippen LogP contribution in [-0.2, 0) is 11.2 Å². The van der Waals surface area contributed by atoms with E-state index in [1.165, 1.54) is 6.42 Å². The van der Waals surface area contributed by atoms with E-state index in [4.69, 9.17) is 4.42 Å². The minimum absolute atomic E-state index is 0.194. The molecule has 1 aliphatic heterocycles. The number of carbonyl (C=O) groups excluding carboxylic acids is 1. The summed E-state index contributed by atoms with van der Waals surface area (Å²) in [7, 11) is 0. The van der Waals surface area contributed by atoms with Gasteiger partial charge in [0.1, 0.15) is 0 Å². The highest BCUT2D eigenvalue weighted by Gasteiger charge is 2.17. The van der Waals surface area contributed by atoms with Gasteiger partial charge in [-0.2, -0.15) is 11.3 Å². The Labute approximate surface area is 121 Å². The summed E-state index contributed by atoms with van der Waals surface area (Å²) < 4.78 is 5.58. The van der Waals surface area contributed by atoms with Crippen LogP contribution in [0.4, 0.5) is 0 Å². The average molecular weight is 291 g/mol. The van der Waals surface area contributed by atoms with E-state index in [0.29, 0.717) is 24.6 Å². The molecule has 3 heterocycles. The van der Waals surface area contributed by atoms with Crippen LogP contribution in [0, 0.1) is 0 Å². The van der Waals surface area contributed by atoms with E-state index in [1.807, 2.05) is 21.7 Å². The number of amides is 1. The number of piperidine rings is 1. The van der Waals surface area contributed by atoms with E-state index in [0.717, 1.165) is 31.5 Å². The van der Waals surface area contributed by atoms with E-state index in [-0.39, 0.29) is 5.91 Å². The van der Waals surface area contributed by atoms with Crippen LogP contribution in [0.2, 0.25) is 0 Å². The third-order valence-electron chi connectivity index (χ3n) is 3.50. The molecule has 6 heteroatoms. The Balaban J connectivity index is 1.54. The molecule has 0 N–H and O–H groups in total. The van der Waals surface area contributed by atoms with Crippen LogP contribution in [0.5, 0.6) is 0 Å². The molecule has 0 atom stereocenters. The molecular weight excluding hydrogens is 274 g/mol. The summed E-state index contributed by atoms with van der Waals surface area (Å²) in [5.74, 6) is 1.27. The Morgan fingerprint density at radius 2 is 2.15 bits per heavy atom. The second kappa shape index (κ2) is 6.17. The van der Waals surface area contributed by atoms with Gasteiger partial charge >= 0.3 is 0 Å². The lowest BCUT2D eigenvalue weighted by Gasteiger charge is -2.26. The summed E-state index contributed by atoms with van der Waals surface area (Å²) in [4.78, 5) is 14.0. The van der Waals surface area contributed by atoms with Crippen molar-refractivity contribution in [3.8, 4) is 11.5 Å². The van der Waals surface area contributed by atoms with Crippen molar-refractivity contribution >= 4 is 17.2 Å². The zero-order valence-electron chi connectivity index (χ0n) is 11.2. The van der Waals surface area contributed by atoms with E-state index in [2.05, 4.69) is 10.2 Å². The maximum atomic E-state index is 12.0. The van der Waals surface area contributed by atoms with Crippen LogP contribution in [0.3, 0.4) is 0 Å². The predicted octanol–water partition coefficient (Wildman–Crippen LogP) is 2.74. The van der Waals surface area contributed by atoms with Crippen molar-refractivity contribution in [3.05, 3.63) is 22.7 Å². The number of hydrogen-bond acceptors (Lipinski definition) is 5. The zero-order valence-corrected chi connectivity index (χ0v) is 12.1. The van der Waals surface area contributed by atoms with Gasteiger partial charge in [-0.1, -0.05) is 0 Å². The van der Waals surface area contributed by atoms with Crippen LogP contribution in [0.25, 0.3) is 11.5 Å². The summed E-state index contributed by atoms with van der Waals surface area (Å²) in [5, 5.41) is 12.0. The largest absolute Gasteiger partial charge is 0.421 e. The molecule has 20 heavy (non-hydrogen) atoms. The Bertz CT molecular complexity index is 559. The zero-order chi connectivity index (χ0) is 13.8. The van der Waals surface area contributed by atoms with E-state index in [1.54, 1.807) is 11.3 Å². The standard InChI is InChI=1S/C14H17N3O2S/c18-13(17-7-2-1-3-8-17)5-4-12-15-16-14(19-12)11-6-9-20-10-11/h6,9-10H,1-5,7-8H2. The van der Waals surface area contributed by atoms with Gasteiger partial charge < -0.3 is 9.32 Å². The van der Waals surface area contributed by atoms with E-state index >= 15 is 0 Å². The lowest BCUT2D eigenvalue weighted by molar-refractivity contribution is -0.132. The minimum Gasteiger partial charge on any atom is -0.421 e. The number of hydrogen-bond donors (Lipinski definition) is 0. The summed E-state index contributed by atoms with van der Waals surface area (Å²) in [5.41, 5.74) is 0.941. The molecule has 2 aromatic heterocycles. The highest BCUT2D eigenvalue weighted by Crippen LogP contribution is 2.21. The minimum atomic E-state index is 0.194. The number of nitrogens with zero attached hydrogens (tertiary/aromatic N) is 3.